The predicted molar refractivity (Wildman–Crippen MR) is 77.6 cm³/mol. The minimum atomic E-state index is -0.495. The number of imidazole rings is 1. The Morgan fingerprint density at radius 1 is 1.25 bits per heavy atom. The van der Waals surface area contributed by atoms with Gasteiger partial charge in [0.25, 0.3) is 0 Å². The lowest BCUT2D eigenvalue weighted by atomic mass is 9.94. The summed E-state index contributed by atoms with van der Waals surface area (Å²) >= 11 is 0. The Labute approximate surface area is 119 Å². The van der Waals surface area contributed by atoms with Gasteiger partial charge in [-0.3, -0.25) is 9.30 Å². The van der Waals surface area contributed by atoms with E-state index >= 15 is 0 Å². The van der Waals surface area contributed by atoms with Gasteiger partial charge in [-0.05, 0) is 39.7 Å². The molecule has 0 unspecified atom stereocenters. The zero-order valence-electron chi connectivity index (χ0n) is 12.4. The van der Waals surface area contributed by atoms with E-state index in [1.807, 2.05) is 18.2 Å². The van der Waals surface area contributed by atoms with E-state index in [9.17, 15) is 5.11 Å². The Morgan fingerprint density at radius 3 is 2.65 bits per heavy atom. The first-order chi connectivity index (χ1) is 9.43. The Kier molecular flexibility index (Phi) is 3.26. The van der Waals surface area contributed by atoms with Crippen LogP contribution in [0.4, 0.5) is 0 Å². The molecule has 0 spiro atoms. The molecule has 5 heteroatoms. The van der Waals surface area contributed by atoms with Gasteiger partial charge in [-0.2, -0.15) is 0 Å². The minimum absolute atomic E-state index is 0.495. The molecule has 0 saturated carbocycles. The summed E-state index contributed by atoms with van der Waals surface area (Å²) < 4.78 is 2.04. The van der Waals surface area contributed by atoms with Gasteiger partial charge in [0, 0.05) is 37.2 Å². The van der Waals surface area contributed by atoms with Crippen LogP contribution in [0.5, 0.6) is 0 Å². The van der Waals surface area contributed by atoms with Crippen molar-refractivity contribution >= 4 is 5.78 Å². The van der Waals surface area contributed by atoms with Crippen LogP contribution in [-0.2, 0) is 6.54 Å². The second-order valence-electron chi connectivity index (χ2n) is 6.21. The molecule has 108 valence electrons. The van der Waals surface area contributed by atoms with Gasteiger partial charge < -0.3 is 5.11 Å². The number of aryl methyl sites for hydroxylation is 2. The molecule has 20 heavy (non-hydrogen) atoms. The van der Waals surface area contributed by atoms with Crippen molar-refractivity contribution in [3.05, 3.63) is 29.3 Å². The largest absolute Gasteiger partial charge is 0.390 e. The first-order valence-corrected chi connectivity index (χ1v) is 7.20. The van der Waals surface area contributed by atoms with Crippen LogP contribution < -0.4 is 0 Å². The second kappa shape index (κ2) is 4.82. The van der Waals surface area contributed by atoms with Crippen LogP contribution in [0.2, 0.25) is 0 Å². The maximum Gasteiger partial charge on any atom is 0.234 e. The molecule has 0 amide bonds. The molecule has 3 rings (SSSR count). The summed E-state index contributed by atoms with van der Waals surface area (Å²) in [6, 6.07) is 2.07. The quantitative estimate of drug-likeness (QED) is 0.905. The molecule has 0 bridgehead atoms. The van der Waals surface area contributed by atoms with Gasteiger partial charge in [0.05, 0.1) is 11.3 Å². The number of aliphatic hydroxyl groups is 1. The van der Waals surface area contributed by atoms with Crippen LogP contribution in [0.1, 0.15) is 36.8 Å². The number of piperidine rings is 1. The Bertz CT molecular complexity index is 622. The van der Waals surface area contributed by atoms with Crippen LogP contribution in [0.15, 0.2) is 12.3 Å². The Hall–Kier alpha value is -1.46. The molecule has 0 aromatic carbocycles. The number of hydrogen-bond donors (Lipinski definition) is 1. The molecule has 1 fully saturated rings. The second-order valence-corrected chi connectivity index (χ2v) is 6.21. The van der Waals surface area contributed by atoms with Crippen LogP contribution in [0, 0.1) is 13.8 Å². The van der Waals surface area contributed by atoms with Crippen molar-refractivity contribution in [2.45, 2.75) is 45.8 Å². The third kappa shape index (κ3) is 2.69. The van der Waals surface area contributed by atoms with Crippen molar-refractivity contribution in [2.75, 3.05) is 13.1 Å². The molecule has 0 atom stereocenters. The lowest BCUT2D eigenvalue weighted by molar-refractivity contribution is -0.00754. The standard InChI is InChI=1S/C15H22N4O/c1-11-8-12(2)19-10-13(17-14(19)16-11)9-18-6-4-15(3,20)5-7-18/h8,10,20H,4-7,9H2,1-3H3. The van der Waals surface area contributed by atoms with E-state index in [4.69, 9.17) is 0 Å². The van der Waals surface area contributed by atoms with E-state index in [2.05, 4.69) is 34.1 Å². The van der Waals surface area contributed by atoms with Crippen molar-refractivity contribution < 1.29 is 5.11 Å². The Balaban J connectivity index is 1.77. The van der Waals surface area contributed by atoms with Gasteiger partial charge in [0.1, 0.15) is 0 Å². The first kappa shape index (κ1) is 13.5. The molecule has 1 saturated heterocycles. The van der Waals surface area contributed by atoms with Gasteiger partial charge >= 0.3 is 0 Å². The summed E-state index contributed by atoms with van der Waals surface area (Å²) in [6.07, 6.45) is 3.73. The summed E-state index contributed by atoms with van der Waals surface area (Å²) in [7, 11) is 0. The summed E-state index contributed by atoms with van der Waals surface area (Å²) in [5, 5.41) is 9.98. The fourth-order valence-corrected chi connectivity index (χ4v) is 2.82. The van der Waals surface area contributed by atoms with Gasteiger partial charge in [0.2, 0.25) is 5.78 Å². The third-order valence-corrected chi connectivity index (χ3v) is 4.13. The van der Waals surface area contributed by atoms with Crippen molar-refractivity contribution in [1.82, 2.24) is 19.3 Å². The van der Waals surface area contributed by atoms with Crippen molar-refractivity contribution in [1.29, 1.82) is 0 Å². The number of hydrogen-bond acceptors (Lipinski definition) is 4. The molecular weight excluding hydrogens is 252 g/mol. The first-order valence-electron chi connectivity index (χ1n) is 7.20. The summed E-state index contributed by atoms with van der Waals surface area (Å²) in [5.41, 5.74) is 2.71. The van der Waals surface area contributed by atoms with Crippen molar-refractivity contribution in [3.8, 4) is 0 Å². The molecule has 2 aromatic rings. The highest BCUT2D eigenvalue weighted by Crippen LogP contribution is 2.22. The highest BCUT2D eigenvalue weighted by atomic mass is 16.3. The number of likely N-dealkylation sites (tertiary alicyclic amines) is 1. The van der Waals surface area contributed by atoms with Crippen LogP contribution in [0.3, 0.4) is 0 Å². The van der Waals surface area contributed by atoms with Crippen molar-refractivity contribution in [2.24, 2.45) is 0 Å². The van der Waals surface area contributed by atoms with E-state index in [1.54, 1.807) is 0 Å². The molecule has 5 nitrogen and oxygen atoms in total. The van der Waals surface area contributed by atoms with Crippen molar-refractivity contribution in [3.63, 3.8) is 0 Å². The lowest BCUT2D eigenvalue weighted by Gasteiger charge is -2.35. The average Bonchev–Trinajstić information content (AvgIpc) is 2.75. The normalized spacial score (nSPS) is 19.6. The van der Waals surface area contributed by atoms with Gasteiger partial charge in [-0.25, -0.2) is 9.97 Å². The molecular formula is C15H22N4O. The predicted octanol–water partition coefficient (Wildman–Crippen LogP) is 1.69. The van der Waals surface area contributed by atoms with Crippen LogP contribution in [-0.4, -0.2) is 43.1 Å². The van der Waals surface area contributed by atoms with E-state index < -0.39 is 5.60 Å². The van der Waals surface area contributed by atoms with Gasteiger partial charge in [-0.1, -0.05) is 0 Å². The SMILES string of the molecule is Cc1cc(C)n2cc(CN3CCC(C)(O)CC3)nc2n1. The average molecular weight is 274 g/mol. The zero-order chi connectivity index (χ0) is 14.3. The lowest BCUT2D eigenvalue weighted by Crippen LogP contribution is -2.42. The highest BCUT2D eigenvalue weighted by Gasteiger charge is 2.27. The number of fused-ring (bicyclic) bond motifs is 1. The molecule has 0 aliphatic carbocycles. The molecule has 1 aliphatic rings. The molecule has 2 aromatic heterocycles. The fraction of sp³-hybridized carbons (Fsp3) is 0.600. The Morgan fingerprint density at radius 2 is 1.95 bits per heavy atom. The van der Waals surface area contributed by atoms with Crippen LogP contribution >= 0.6 is 0 Å². The van der Waals surface area contributed by atoms with E-state index in [-0.39, 0.29) is 0 Å². The molecule has 3 heterocycles. The summed E-state index contributed by atoms with van der Waals surface area (Å²) in [5.74, 6) is 0.779. The number of aromatic nitrogens is 3. The van der Waals surface area contributed by atoms with E-state index in [0.29, 0.717) is 0 Å². The van der Waals surface area contributed by atoms with Gasteiger partial charge in [-0.15, -0.1) is 0 Å². The maximum atomic E-state index is 9.98. The number of nitrogens with zero attached hydrogens (tertiary/aromatic N) is 4. The fourth-order valence-electron chi connectivity index (χ4n) is 2.82. The topological polar surface area (TPSA) is 53.7 Å². The van der Waals surface area contributed by atoms with Gasteiger partial charge in [0.15, 0.2) is 0 Å². The smallest absolute Gasteiger partial charge is 0.234 e. The number of rotatable bonds is 2. The zero-order valence-corrected chi connectivity index (χ0v) is 12.4. The third-order valence-electron chi connectivity index (χ3n) is 4.13. The highest BCUT2D eigenvalue weighted by molar-refractivity contribution is 5.34. The van der Waals surface area contributed by atoms with E-state index in [0.717, 1.165) is 55.3 Å². The van der Waals surface area contributed by atoms with E-state index in [1.165, 1.54) is 0 Å². The van der Waals surface area contributed by atoms with Crippen LogP contribution in [0.25, 0.3) is 5.78 Å². The summed E-state index contributed by atoms with van der Waals surface area (Å²) in [4.78, 5) is 11.4. The molecule has 0 radical (unpaired) electrons. The molecule has 1 aliphatic heterocycles. The maximum absolute atomic E-state index is 9.98. The minimum Gasteiger partial charge on any atom is -0.390 e. The monoisotopic (exact) mass is 274 g/mol. The molecule has 1 N–H and O–H groups in total. The summed E-state index contributed by atoms with van der Waals surface area (Å²) in [6.45, 7) is 8.67.